The molecule has 0 fully saturated rings. The molecule has 5 nitrogen and oxygen atoms in total. The average molecular weight is 385 g/mol. The van der Waals surface area contributed by atoms with Crippen molar-refractivity contribution in [3.63, 3.8) is 0 Å². The predicted molar refractivity (Wildman–Crippen MR) is 103 cm³/mol. The van der Waals surface area contributed by atoms with E-state index in [-0.39, 0.29) is 11.5 Å². The molecule has 0 bridgehead atoms. The molecule has 0 spiro atoms. The Morgan fingerprint density at radius 3 is 2.32 bits per heavy atom. The minimum absolute atomic E-state index is 0.153. The molecular weight excluding hydrogens is 360 g/mol. The van der Waals surface area contributed by atoms with Gasteiger partial charge < -0.3 is 10.4 Å². The average Bonchev–Trinajstić information content (AvgIpc) is 2.60. The summed E-state index contributed by atoms with van der Waals surface area (Å²) in [6.45, 7) is 2.06. The number of hydrogen-bond donors (Lipinski definition) is 3. The maximum Gasteiger partial charge on any atom is 0.241 e. The molecule has 3 N–H and O–H groups in total. The molecule has 0 radical (unpaired) electrons. The van der Waals surface area contributed by atoms with E-state index in [1.807, 2.05) is 18.2 Å². The van der Waals surface area contributed by atoms with Gasteiger partial charge in [-0.2, -0.15) is 0 Å². The molecule has 0 aliphatic carbocycles. The smallest absolute Gasteiger partial charge is 0.241 e. The van der Waals surface area contributed by atoms with Gasteiger partial charge in [0.1, 0.15) is 0 Å². The molecule has 0 saturated heterocycles. The van der Waals surface area contributed by atoms with Gasteiger partial charge in [-0.15, -0.1) is 0 Å². The van der Waals surface area contributed by atoms with Gasteiger partial charge >= 0.3 is 0 Å². The van der Waals surface area contributed by atoms with Gasteiger partial charge in [0.2, 0.25) is 10.0 Å². The molecule has 2 aromatic rings. The first kappa shape index (κ1) is 20.1. The number of unbranched alkanes of at least 4 members (excludes halogenated alkanes) is 3. The Hall–Kier alpha value is -1.18. The SMILES string of the molecule is O=S(=O)(NCCCCCCNCCO)c1cccc2cccc(Cl)c12. The Morgan fingerprint density at radius 1 is 0.920 bits per heavy atom. The molecule has 2 aromatic carbocycles. The lowest BCUT2D eigenvalue weighted by molar-refractivity contribution is 0.292. The van der Waals surface area contributed by atoms with Gasteiger partial charge in [-0.05, 0) is 36.9 Å². The van der Waals surface area contributed by atoms with Crippen molar-refractivity contribution in [2.75, 3.05) is 26.2 Å². The molecule has 138 valence electrons. The number of rotatable bonds is 11. The van der Waals surface area contributed by atoms with Crippen LogP contribution < -0.4 is 10.0 Å². The second-order valence-electron chi connectivity index (χ2n) is 5.88. The highest BCUT2D eigenvalue weighted by molar-refractivity contribution is 7.89. The molecule has 0 unspecified atom stereocenters. The fraction of sp³-hybridized carbons (Fsp3) is 0.444. The van der Waals surface area contributed by atoms with Crippen molar-refractivity contribution in [2.45, 2.75) is 30.6 Å². The van der Waals surface area contributed by atoms with E-state index < -0.39 is 10.0 Å². The highest BCUT2D eigenvalue weighted by Gasteiger charge is 2.18. The van der Waals surface area contributed by atoms with Crippen LogP contribution in [-0.4, -0.2) is 39.8 Å². The molecule has 0 aromatic heterocycles. The number of halogens is 1. The van der Waals surface area contributed by atoms with E-state index in [1.54, 1.807) is 18.2 Å². The number of fused-ring (bicyclic) bond motifs is 1. The number of nitrogens with one attached hydrogen (secondary N) is 2. The first-order valence-corrected chi connectivity index (χ1v) is 10.4. The van der Waals surface area contributed by atoms with Crippen molar-refractivity contribution < 1.29 is 13.5 Å². The molecule has 7 heteroatoms. The van der Waals surface area contributed by atoms with Crippen LogP contribution in [0.15, 0.2) is 41.3 Å². The van der Waals surface area contributed by atoms with Crippen molar-refractivity contribution >= 4 is 32.4 Å². The summed E-state index contributed by atoms with van der Waals surface area (Å²) in [4.78, 5) is 0.226. The standard InChI is InChI=1S/C18H25ClN2O3S/c19-16-9-5-7-15-8-6-10-17(18(15)16)25(23,24)21-12-4-2-1-3-11-20-13-14-22/h5-10,20-22H,1-4,11-14H2. The number of sulfonamides is 1. The highest BCUT2D eigenvalue weighted by atomic mass is 35.5. The van der Waals surface area contributed by atoms with Gasteiger partial charge in [0.25, 0.3) is 0 Å². The minimum atomic E-state index is -3.59. The van der Waals surface area contributed by atoms with Crippen LogP contribution >= 0.6 is 11.6 Å². The maximum absolute atomic E-state index is 12.6. The first-order chi connectivity index (χ1) is 12.1. The molecule has 0 aliphatic rings. The molecular formula is C18H25ClN2O3S. The third kappa shape index (κ3) is 5.94. The fourth-order valence-electron chi connectivity index (χ4n) is 2.70. The van der Waals surface area contributed by atoms with Crippen molar-refractivity contribution in [1.29, 1.82) is 0 Å². The summed E-state index contributed by atoms with van der Waals surface area (Å²) in [5, 5.41) is 13.6. The number of benzene rings is 2. The Bertz CT molecular complexity index is 776. The van der Waals surface area contributed by atoms with Crippen molar-refractivity contribution in [2.24, 2.45) is 0 Å². The van der Waals surface area contributed by atoms with Gasteiger partial charge in [0.05, 0.1) is 11.5 Å². The van der Waals surface area contributed by atoms with E-state index >= 15 is 0 Å². The van der Waals surface area contributed by atoms with Crippen LogP contribution in [0.2, 0.25) is 5.02 Å². The quantitative estimate of drug-likeness (QED) is 0.520. The lowest BCUT2D eigenvalue weighted by atomic mass is 10.1. The Balaban J connectivity index is 1.86. The molecule has 0 saturated carbocycles. The summed E-state index contributed by atoms with van der Waals surface area (Å²) >= 11 is 6.21. The van der Waals surface area contributed by atoms with E-state index in [1.165, 1.54) is 0 Å². The van der Waals surface area contributed by atoms with Crippen LogP contribution in [0.1, 0.15) is 25.7 Å². The summed E-state index contributed by atoms with van der Waals surface area (Å²) < 4.78 is 27.9. The van der Waals surface area contributed by atoms with Crippen molar-refractivity contribution in [3.05, 3.63) is 41.4 Å². The fourth-order valence-corrected chi connectivity index (χ4v) is 4.37. The highest BCUT2D eigenvalue weighted by Crippen LogP contribution is 2.29. The van der Waals surface area contributed by atoms with Crippen LogP contribution in [0.25, 0.3) is 10.8 Å². The largest absolute Gasteiger partial charge is 0.395 e. The topological polar surface area (TPSA) is 78.4 Å². The summed E-state index contributed by atoms with van der Waals surface area (Å²) in [5.41, 5.74) is 0. The Labute approximate surface area is 154 Å². The zero-order valence-corrected chi connectivity index (χ0v) is 15.7. The molecule has 0 atom stereocenters. The number of aliphatic hydroxyl groups is 1. The lowest BCUT2D eigenvalue weighted by Crippen LogP contribution is -2.25. The normalized spacial score (nSPS) is 11.9. The van der Waals surface area contributed by atoms with Crippen molar-refractivity contribution in [1.82, 2.24) is 10.0 Å². The van der Waals surface area contributed by atoms with E-state index in [4.69, 9.17) is 16.7 Å². The maximum atomic E-state index is 12.6. The van der Waals surface area contributed by atoms with Crippen LogP contribution in [0.5, 0.6) is 0 Å². The Kier molecular flexibility index (Phi) is 8.12. The van der Waals surface area contributed by atoms with Gasteiger partial charge in [-0.3, -0.25) is 0 Å². The van der Waals surface area contributed by atoms with E-state index in [2.05, 4.69) is 10.0 Å². The second-order valence-corrected chi connectivity index (χ2v) is 8.02. The monoisotopic (exact) mass is 384 g/mol. The lowest BCUT2D eigenvalue weighted by Gasteiger charge is -2.11. The first-order valence-electron chi connectivity index (χ1n) is 8.55. The van der Waals surface area contributed by atoms with E-state index in [9.17, 15) is 8.42 Å². The van der Waals surface area contributed by atoms with Crippen molar-refractivity contribution in [3.8, 4) is 0 Å². The summed E-state index contributed by atoms with van der Waals surface area (Å²) in [6.07, 6.45) is 3.79. The van der Waals surface area contributed by atoms with Gasteiger partial charge in [-0.25, -0.2) is 13.1 Å². The van der Waals surface area contributed by atoms with E-state index in [0.29, 0.717) is 23.5 Å². The second kappa shape index (κ2) is 10.1. The third-order valence-corrected chi connectivity index (χ3v) is 5.78. The molecule has 0 amide bonds. The van der Waals surface area contributed by atoms with Crippen LogP contribution in [0, 0.1) is 0 Å². The predicted octanol–water partition coefficient (Wildman–Crippen LogP) is 2.91. The number of hydrogen-bond acceptors (Lipinski definition) is 4. The third-order valence-electron chi connectivity index (χ3n) is 3.97. The van der Waals surface area contributed by atoms with E-state index in [0.717, 1.165) is 37.6 Å². The van der Waals surface area contributed by atoms with Gasteiger partial charge in [0, 0.05) is 23.5 Å². The summed E-state index contributed by atoms with van der Waals surface area (Å²) in [6, 6.07) is 10.5. The van der Waals surface area contributed by atoms with Gasteiger partial charge in [0.15, 0.2) is 0 Å². The summed E-state index contributed by atoms with van der Waals surface area (Å²) in [7, 11) is -3.59. The Morgan fingerprint density at radius 2 is 1.60 bits per heavy atom. The van der Waals surface area contributed by atoms with Crippen LogP contribution in [-0.2, 0) is 10.0 Å². The number of aliphatic hydroxyl groups excluding tert-OH is 1. The molecule has 0 aliphatic heterocycles. The van der Waals surface area contributed by atoms with Crippen LogP contribution in [0.4, 0.5) is 0 Å². The zero-order chi connectivity index (χ0) is 18.1. The van der Waals surface area contributed by atoms with Crippen LogP contribution in [0.3, 0.4) is 0 Å². The molecule has 25 heavy (non-hydrogen) atoms. The molecule has 2 rings (SSSR count). The minimum Gasteiger partial charge on any atom is -0.395 e. The summed E-state index contributed by atoms with van der Waals surface area (Å²) in [5.74, 6) is 0. The zero-order valence-electron chi connectivity index (χ0n) is 14.2. The van der Waals surface area contributed by atoms with Gasteiger partial charge in [-0.1, -0.05) is 48.7 Å². The molecule has 0 heterocycles.